The van der Waals surface area contributed by atoms with Gasteiger partial charge in [-0.3, -0.25) is 9.36 Å². The fourth-order valence-corrected chi connectivity index (χ4v) is 5.50. The van der Waals surface area contributed by atoms with E-state index in [4.69, 9.17) is 18.6 Å². The van der Waals surface area contributed by atoms with Crippen molar-refractivity contribution in [2.24, 2.45) is 7.05 Å². The van der Waals surface area contributed by atoms with Crippen LogP contribution in [0.15, 0.2) is 51.7 Å². The lowest BCUT2D eigenvalue weighted by atomic mass is 10.0. The molecule has 13 heteroatoms. The van der Waals surface area contributed by atoms with E-state index in [0.717, 1.165) is 16.5 Å². The molecule has 1 aliphatic rings. The molecule has 1 unspecified atom stereocenters. The summed E-state index contributed by atoms with van der Waals surface area (Å²) < 4.78 is 25.1. The average molecular weight is 660 g/mol. The maximum Gasteiger partial charge on any atom is 0.419 e. The third-order valence-electron chi connectivity index (χ3n) is 7.69. The van der Waals surface area contributed by atoms with E-state index in [9.17, 15) is 24.4 Å². The molecule has 0 aliphatic carbocycles. The van der Waals surface area contributed by atoms with Crippen molar-refractivity contribution in [3.8, 4) is 17.2 Å². The zero-order valence-corrected chi connectivity index (χ0v) is 28.3. The topological polar surface area (TPSA) is 158 Å². The molecule has 0 radical (unpaired) electrons. The second-order valence-corrected chi connectivity index (χ2v) is 13.9. The molecule has 2 amide bonds. The van der Waals surface area contributed by atoms with Crippen LogP contribution in [0.3, 0.4) is 0 Å². The van der Waals surface area contributed by atoms with Gasteiger partial charge in [0, 0.05) is 37.7 Å². The first-order valence-electron chi connectivity index (χ1n) is 15.8. The second-order valence-electron chi connectivity index (χ2n) is 13.9. The van der Waals surface area contributed by atoms with Gasteiger partial charge in [-0.2, -0.15) is 5.26 Å². The van der Waals surface area contributed by atoms with Crippen LogP contribution in [0.25, 0.3) is 33.1 Å². The van der Waals surface area contributed by atoms with Gasteiger partial charge in [-0.05, 0) is 83.4 Å². The minimum atomic E-state index is -1.03. The summed E-state index contributed by atoms with van der Waals surface area (Å²) in [4.78, 5) is 53.2. The molecule has 1 aliphatic heterocycles. The first-order chi connectivity index (χ1) is 22.5. The Labute approximate surface area is 277 Å². The predicted octanol–water partition coefficient (Wildman–Crippen LogP) is 5.11. The van der Waals surface area contributed by atoms with E-state index in [1.165, 1.54) is 14.0 Å². The van der Waals surface area contributed by atoms with Gasteiger partial charge in [-0.25, -0.2) is 19.0 Å². The number of hydrogen-bond acceptors (Lipinski definition) is 9. The maximum absolute atomic E-state index is 13.7. The number of rotatable bonds is 5. The molecular formula is C35H41N5O8. The van der Waals surface area contributed by atoms with Gasteiger partial charge in [0.15, 0.2) is 11.7 Å². The summed E-state index contributed by atoms with van der Waals surface area (Å²) in [5.41, 5.74) is 2.15. The average Bonchev–Trinajstić information content (AvgIpc) is 3.36. The van der Waals surface area contributed by atoms with Crippen LogP contribution in [0.5, 0.6) is 0 Å². The van der Waals surface area contributed by atoms with Crippen LogP contribution in [-0.2, 0) is 32.5 Å². The van der Waals surface area contributed by atoms with Crippen LogP contribution in [0, 0.1) is 11.3 Å². The molecule has 0 saturated carbocycles. The fourth-order valence-electron chi connectivity index (χ4n) is 5.50. The molecule has 2 atom stereocenters. The van der Waals surface area contributed by atoms with Crippen LogP contribution in [-0.4, -0.2) is 75.2 Å². The summed E-state index contributed by atoms with van der Waals surface area (Å²) in [5.74, 6) is -1.02. The van der Waals surface area contributed by atoms with E-state index in [1.807, 2.05) is 30.3 Å². The van der Waals surface area contributed by atoms with E-state index >= 15 is 0 Å². The molecule has 1 N–H and O–H groups in total. The number of aryl methyl sites for hydroxylation is 1. The Morgan fingerprint density at radius 3 is 2.29 bits per heavy atom. The Kier molecular flexibility index (Phi) is 9.42. The van der Waals surface area contributed by atoms with Gasteiger partial charge in [-0.15, -0.1) is 0 Å². The van der Waals surface area contributed by atoms with Crippen molar-refractivity contribution >= 4 is 40.1 Å². The number of ether oxygens (including phenoxy) is 3. The standard InChI is InChI=1S/C35H41N5O8/c1-34(2,3)47-32(43)39-13-8-14-45-29(20-39)30(41)37-24(19-36)18-25-15-23-10-9-21(16-26(23)40(25)33(44)48-35(4,5)6)22-11-12-28-27(17-22)38(7)31(42)46-28/h9-12,15-17,24,29H,8,13-14,18,20H2,1-7H3,(H,37,41)/t24?,29-/m0/s1. The molecule has 254 valence electrons. The van der Waals surface area contributed by atoms with Crippen molar-refractivity contribution < 1.29 is 33.0 Å². The lowest BCUT2D eigenvalue weighted by molar-refractivity contribution is -0.133. The molecule has 5 rings (SSSR count). The van der Waals surface area contributed by atoms with Crippen LogP contribution in [0.2, 0.25) is 0 Å². The Hall–Kier alpha value is -5.09. The van der Waals surface area contributed by atoms with Crippen LogP contribution >= 0.6 is 0 Å². The number of fused-ring (bicyclic) bond motifs is 2. The van der Waals surface area contributed by atoms with E-state index in [-0.39, 0.29) is 19.6 Å². The minimum absolute atomic E-state index is 0.0168. The molecule has 1 fully saturated rings. The van der Waals surface area contributed by atoms with Crippen LogP contribution in [0.1, 0.15) is 53.7 Å². The summed E-state index contributed by atoms with van der Waals surface area (Å²) in [6.45, 7) is 11.2. The molecule has 3 heterocycles. The summed E-state index contributed by atoms with van der Waals surface area (Å²) in [6, 6.07) is 13.9. The van der Waals surface area contributed by atoms with E-state index in [0.29, 0.717) is 35.3 Å². The van der Waals surface area contributed by atoms with Gasteiger partial charge >= 0.3 is 17.9 Å². The number of nitrogens with zero attached hydrogens (tertiary/aromatic N) is 4. The largest absolute Gasteiger partial charge is 0.444 e. The smallest absolute Gasteiger partial charge is 0.419 e. The summed E-state index contributed by atoms with van der Waals surface area (Å²) >= 11 is 0. The van der Waals surface area contributed by atoms with Crippen molar-refractivity contribution in [1.82, 2.24) is 19.4 Å². The molecule has 4 aromatic rings. The second kappa shape index (κ2) is 13.2. The van der Waals surface area contributed by atoms with Gasteiger partial charge in [0.2, 0.25) is 0 Å². The number of oxazole rings is 1. The van der Waals surface area contributed by atoms with Crippen molar-refractivity contribution in [2.45, 2.75) is 77.7 Å². The minimum Gasteiger partial charge on any atom is -0.444 e. The van der Waals surface area contributed by atoms with Gasteiger partial charge in [0.05, 0.1) is 23.6 Å². The number of aromatic nitrogens is 2. The van der Waals surface area contributed by atoms with Gasteiger partial charge in [0.25, 0.3) is 5.91 Å². The van der Waals surface area contributed by atoms with Crippen molar-refractivity contribution in [3.63, 3.8) is 0 Å². The molecule has 48 heavy (non-hydrogen) atoms. The summed E-state index contributed by atoms with van der Waals surface area (Å²) in [6.07, 6.45) is -1.69. The first-order valence-corrected chi connectivity index (χ1v) is 15.8. The number of carbonyl (C=O) groups is 3. The number of hydrogen-bond donors (Lipinski definition) is 1. The highest BCUT2D eigenvalue weighted by molar-refractivity contribution is 5.94. The molecule has 1 saturated heterocycles. The third-order valence-corrected chi connectivity index (χ3v) is 7.69. The normalized spacial score (nSPS) is 16.3. The highest BCUT2D eigenvalue weighted by Crippen LogP contribution is 2.30. The van der Waals surface area contributed by atoms with Crippen LogP contribution < -0.4 is 11.1 Å². The van der Waals surface area contributed by atoms with Crippen molar-refractivity contribution in [1.29, 1.82) is 5.26 Å². The molecule has 2 aromatic carbocycles. The van der Waals surface area contributed by atoms with Crippen LogP contribution in [0.4, 0.5) is 9.59 Å². The Morgan fingerprint density at radius 2 is 1.62 bits per heavy atom. The number of benzene rings is 2. The fraction of sp³-hybridized carbons (Fsp3) is 0.457. The summed E-state index contributed by atoms with van der Waals surface area (Å²) in [5, 5.41) is 13.6. The number of amides is 2. The van der Waals surface area contributed by atoms with Gasteiger partial charge in [0.1, 0.15) is 17.2 Å². The number of nitrogens with one attached hydrogen (secondary N) is 1. The third kappa shape index (κ3) is 7.71. The molecule has 0 spiro atoms. The van der Waals surface area contributed by atoms with E-state index < -0.39 is 47.2 Å². The number of nitriles is 1. The zero-order chi connectivity index (χ0) is 35.0. The van der Waals surface area contributed by atoms with E-state index in [2.05, 4.69) is 11.4 Å². The lowest BCUT2D eigenvalue weighted by Crippen LogP contribution is -2.48. The summed E-state index contributed by atoms with van der Waals surface area (Å²) in [7, 11) is 1.63. The molecule has 2 aromatic heterocycles. The monoisotopic (exact) mass is 659 g/mol. The maximum atomic E-state index is 13.7. The van der Waals surface area contributed by atoms with Gasteiger partial charge in [-0.1, -0.05) is 18.2 Å². The molecule has 13 nitrogen and oxygen atoms in total. The Morgan fingerprint density at radius 1 is 0.979 bits per heavy atom. The quantitative estimate of drug-likeness (QED) is 0.307. The highest BCUT2D eigenvalue weighted by Gasteiger charge is 2.32. The SMILES string of the molecule is Cn1c(=O)oc2ccc(-c3ccc4cc(CC(C#N)NC(=O)[C@@H]5CN(C(=O)OC(C)(C)C)CCCO5)n(C(=O)OC(C)(C)C)c4c3)cc21. The zero-order valence-electron chi connectivity index (χ0n) is 28.3. The molecular weight excluding hydrogens is 618 g/mol. The van der Waals surface area contributed by atoms with E-state index in [1.54, 1.807) is 60.7 Å². The highest BCUT2D eigenvalue weighted by atomic mass is 16.6. The Bertz CT molecular complexity index is 1970. The predicted molar refractivity (Wildman–Crippen MR) is 177 cm³/mol. The molecule has 0 bridgehead atoms. The lowest BCUT2D eigenvalue weighted by Gasteiger charge is -2.27. The van der Waals surface area contributed by atoms with Crippen molar-refractivity contribution in [2.75, 3.05) is 19.7 Å². The number of carbonyl (C=O) groups excluding carboxylic acids is 3. The first kappa shape index (κ1) is 34.3. The van der Waals surface area contributed by atoms with Crippen molar-refractivity contribution in [3.05, 3.63) is 58.7 Å². The van der Waals surface area contributed by atoms with Gasteiger partial charge < -0.3 is 28.8 Å². The Balaban J connectivity index is 1.43.